The minimum absolute atomic E-state index is 0.116. The number of nitrogens with two attached hydrogens (primary N) is 1. The number of amides is 1. The summed E-state index contributed by atoms with van der Waals surface area (Å²) in [5, 5.41) is 8.51. The third kappa shape index (κ3) is 2.48. The van der Waals surface area contributed by atoms with Gasteiger partial charge in [0.15, 0.2) is 11.6 Å². The second kappa shape index (κ2) is 6.39. The average Bonchev–Trinajstić information content (AvgIpc) is 3.47. The molecule has 0 saturated heterocycles. The number of fused-ring (bicyclic) bond motifs is 3. The lowest BCUT2D eigenvalue weighted by molar-refractivity contribution is 0.0996. The van der Waals surface area contributed by atoms with Crippen molar-refractivity contribution < 1.29 is 4.79 Å². The number of imidazole rings is 1. The topological polar surface area (TPSA) is 121 Å². The summed E-state index contributed by atoms with van der Waals surface area (Å²) >= 11 is 0. The van der Waals surface area contributed by atoms with Crippen LogP contribution in [0.25, 0.3) is 11.6 Å². The quantitative estimate of drug-likeness (QED) is 0.730. The number of nitrogens with zero attached hydrogens (tertiary/aromatic N) is 8. The molecule has 1 atom stereocenters. The van der Waals surface area contributed by atoms with Crippen molar-refractivity contribution in [3.63, 3.8) is 0 Å². The Hall–Kier alpha value is -3.30. The van der Waals surface area contributed by atoms with Gasteiger partial charge in [0.1, 0.15) is 24.0 Å². The van der Waals surface area contributed by atoms with Crippen molar-refractivity contribution in [2.24, 2.45) is 5.73 Å². The molecule has 2 aliphatic rings. The van der Waals surface area contributed by atoms with Gasteiger partial charge in [-0.05, 0) is 19.3 Å². The van der Waals surface area contributed by atoms with Crippen LogP contribution in [0.2, 0.25) is 0 Å². The van der Waals surface area contributed by atoms with Crippen molar-refractivity contribution in [2.75, 3.05) is 4.90 Å². The van der Waals surface area contributed by atoms with Crippen molar-refractivity contribution in [1.82, 2.24) is 34.3 Å². The molecular weight excluding hydrogens is 358 g/mol. The van der Waals surface area contributed by atoms with E-state index in [1.54, 1.807) is 23.3 Å². The zero-order valence-electron chi connectivity index (χ0n) is 15.6. The molecule has 3 aromatic rings. The van der Waals surface area contributed by atoms with Crippen LogP contribution >= 0.6 is 0 Å². The van der Waals surface area contributed by atoms with E-state index in [2.05, 4.69) is 32.0 Å². The number of carbonyl (C=O) groups is 1. The van der Waals surface area contributed by atoms with Crippen molar-refractivity contribution in [2.45, 2.75) is 51.1 Å². The lowest BCUT2D eigenvalue weighted by Crippen LogP contribution is -2.42. The van der Waals surface area contributed by atoms with Crippen LogP contribution in [0.1, 0.15) is 61.4 Å². The second-order valence-electron chi connectivity index (χ2n) is 7.24. The zero-order chi connectivity index (χ0) is 19.3. The largest absolute Gasteiger partial charge is 0.364 e. The zero-order valence-corrected chi connectivity index (χ0v) is 15.6. The van der Waals surface area contributed by atoms with Gasteiger partial charge in [-0.15, -0.1) is 10.2 Å². The fraction of sp³-hybridized carbons (Fsp3) is 0.444. The minimum Gasteiger partial charge on any atom is -0.364 e. The van der Waals surface area contributed by atoms with Crippen LogP contribution in [-0.2, 0) is 0 Å². The third-order valence-corrected chi connectivity index (χ3v) is 5.62. The number of primary amides is 1. The molecule has 0 bridgehead atoms. The van der Waals surface area contributed by atoms with Gasteiger partial charge in [-0.25, -0.2) is 9.97 Å². The first-order chi connectivity index (χ1) is 13.7. The molecule has 1 aliphatic carbocycles. The van der Waals surface area contributed by atoms with Gasteiger partial charge in [0.2, 0.25) is 5.95 Å². The number of anilines is 1. The highest BCUT2D eigenvalue weighted by molar-refractivity contribution is 5.90. The molecule has 4 heterocycles. The van der Waals surface area contributed by atoms with Crippen molar-refractivity contribution in [1.29, 1.82) is 0 Å². The molecule has 0 aromatic carbocycles. The first-order valence-electron chi connectivity index (χ1n) is 9.57. The highest BCUT2D eigenvalue weighted by Gasteiger charge is 2.38. The molecule has 10 nitrogen and oxygen atoms in total. The molecule has 1 aliphatic heterocycles. The predicted octanol–water partition coefficient (Wildman–Crippen LogP) is 1.56. The van der Waals surface area contributed by atoms with Gasteiger partial charge in [0.05, 0.1) is 12.2 Å². The highest BCUT2D eigenvalue weighted by atomic mass is 16.1. The van der Waals surface area contributed by atoms with E-state index in [-0.39, 0.29) is 11.7 Å². The van der Waals surface area contributed by atoms with Crippen molar-refractivity contribution in [3.8, 4) is 11.6 Å². The van der Waals surface area contributed by atoms with Crippen LogP contribution < -0.4 is 10.6 Å². The summed E-state index contributed by atoms with van der Waals surface area (Å²) in [6.45, 7) is 2.16. The Morgan fingerprint density at radius 3 is 2.79 bits per heavy atom. The molecular formula is C18H21N9O. The summed E-state index contributed by atoms with van der Waals surface area (Å²) < 4.78 is 3.59. The Kier molecular flexibility index (Phi) is 3.85. The van der Waals surface area contributed by atoms with Crippen LogP contribution in [0.15, 0.2) is 25.0 Å². The monoisotopic (exact) mass is 379 g/mol. The van der Waals surface area contributed by atoms with Crippen LogP contribution in [0, 0.1) is 0 Å². The number of hydrogen-bond acceptors (Lipinski definition) is 7. The lowest BCUT2D eigenvalue weighted by atomic mass is 10.0. The molecule has 28 heavy (non-hydrogen) atoms. The van der Waals surface area contributed by atoms with Gasteiger partial charge in [-0.2, -0.15) is 4.98 Å². The summed E-state index contributed by atoms with van der Waals surface area (Å²) in [6, 6.07) is 0.533. The van der Waals surface area contributed by atoms with E-state index in [0.717, 1.165) is 36.6 Å². The maximum Gasteiger partial charge on any atom is 0.268 e. The Morgan fingerprint density at radius 2 is 2.07 bits per heavy atom. The smallest absolute Gasteiger partial charge is 0.268 e. The maximum atomic E-state index is 11.4. The molecule has 0 radical (unpaired) electrons. The number of aromatic nitrogens is 7. The number of rotatable bonds is 4. The molecule has 3 aromatic heterocycles. The molecule has 1 saturated carbocycles. The van der Waals surface area contributed by atoms with Crippen molar-refractivity contribution in [3.05, 3.63) is 36.6 Å². The van der Waals surface area contributed by atoms with E-state index in [1.807, 2.05) is 4.57 Å². The molecule has 0 unspecified atom stereocenters. The fourth-order valence-electron chi connectivity index (χ4n) is 4.32. The van der Waals surface area contributed by atoms with Gasteiger partial charge >= 0.3 is 0 Å². The van der Waals surface area contributed by atoms with Gasteiger partial charge in [0.25, 0.3) is 5.91 Å². The number of carbonyl (C=O) groups excluding carboxylic acids is 1. The lowest BCUT2D eigenvalue weighted by Gasteiger charge is -2.40. The van der Waals surface area contributed by atoms with E-state index in [0.29, 0.717) is 12.0 Å². The molecule has 2 N–H and O–H groups in total. The van der Waals surface area contributed by atoms with Gasteiger partial charge in [-0.1, -0.05) is 19.8 Å². The average molecular weight is 379 g/mol. The Labute approximate surface area is 161 Å². The Bertz CT molecular complexity index is 1030. The van der Waals surface area contributed by atoms with Crippen LogP contribution in [0.3, 0.4) is 0 Å². The molecule has 1 fully saturated rings. The van der Waals surface area contributed by atoms with Crippen LogP contribution in [0.5, 0.6) is 0 Å². The third-order valence-electron chi connectivity index (χ3n) is 5.62. The highest BCUT2D eigenvalue weighted by Crippen LogP contribution is 2.42. The summed E-state index contributed by atoms with van der Waals surface area (Å²) in [7, 11) is 0. The molecule has 1 amide bonds. The van der Waals surface area contributed by atoms with E-state index >= 15 is 0 Å². The summed E-state index contributed by atoms with van der Waals surface area (Å²) in [6.07, 6.45) is 12.2. The summed E-state index contributed by atoms with van der Waals surface area (Å²) in [5.74, 6) is 1.67. The van der Waals surface area contributed by atoms with Gasteiger partial charge in [-0.3, -0.25) is 13.9 Å². The second-order valence-corrected chi connectivity index (χ2v) is 7.24. The SMILES string of the molecule is CC[C@@H]1c2nncn2-c2cnc(-n3cnc(C(N)=O)c3)nc2N1C1CCCC1. The van der Waals surface area contributed by atoms with Crippen molar-refractivity contribution >= 4 is 11.7 Å². The standard InChI is InChI=1S/C18H21N9O/c1-2-13-17-24-22-10-26(17)14-7-20-18(25-8-12(15(19)28)21-9-25)23-16(14)27(13)11-5-3-4-6-11/h7-11,13H,2-6H2,1H3,(H2,19,28)/t13-/m1/s1. The molecule has 5 rings (SSSR count). The summed E-state index contributed by atoms with van der Waals surface area (Å²) in [5.41, 5.74) is 6.37. The molecule has 10 heteroatoms. The van der Waals surface area contributed by atoms with E-state index in [9.17, 15) is 4.79 Å². The Balaban J connectivity index is 1.66. The normalized spacial score (nSPS) is 18.9. The summed E-state index contributed by atoms with van der Waals surface area (Å²) in [4.78, 5) is 27.1. The first-order valence-corrected chi connectivity index (χ1v) is 9.57. The first kappa shape index (κ1) is 16.8. The fourth-order valence-corrected chi connectivity index (χ4v) is 4.32. The molecule has 0 spiro atoms. The van der Waals surface area contributed by atoms with E-state index < -0.39 is 5.91 Å². The molecule has 144 valence electrons. The minimum atomic E-state index is -0.579. The van der Waals surface area contributed by atoms with E-state index in [4.69, 9.17) is 10.7 Å². The van der Waals surface area contributed by atoms with Crippen LogP contribution in [0.4, 0.5) is 5.82 Å². The number of hydrogen-bond donors (Lipinski definition) is 1. The predicted molar refractivity (Wildman–Crippen MR) is 100 cm³/mol. The van der Waals surface area contributed by atoms with Crippen LogP contribution in [-0.4, -0.2) is 46.2 Å². The maximum absolute atomic E-state index is 11.4. The van der Waals surface area contributed by atoms with Gasteiger partial charge in [0, 0.05) is 12.2 Å². The van der Waals surface area contributed by atoms with E-state index in [1.165, 1.54) is 19.2 Å². The van der Waals surface area contributed by atoms with Gasteiger partial charge < -0.3 is 10.6 Å². The Morgan fingerprint density at radius 1 is 1.25 bits per heavy atom.